The molecule has 1 aromatic heterocycles. The number of imide groups is 1. The highest BCUT2D eigenvalue weighted by Gasteiger charge is 2.50. The van der Waals surface area contributed by atoms with E-state index in [0.29, 0.717) is 4.88 Å². The van der Waals surface area contributed by atoms with Crippen LogP contribution >= 0.6 is 11.3 Å². The van der Waals surface area contributed by atoms with Crippen molar-refractivity contribution >= 4 is 45.3 Å². The number of nitrogens with zero attached hydrogens (tertiary/aromatic N) is 3. The number of amides is 4. The minimum absolute atomic E-state index is 0.139. The van der Waals surface area contributed by atoms with Crippen LogP contribution in [0.5, 0.6) is 0 Å². The Labute approximate surface area is 196 Å². The average molecular weight is 489 g/mol. The topological polar surface area (TPSA) is 107 Å². The molecule has 174 valence electrons. The Morgan fingerprint density at radius 2 is 1.79 bits per heavy atom. The quantitative estimate of drug-likeness (QED) is 0.623. The number of hydrogen-bond acceptors (Lipinski definition) is 6. The van der Waals surface area contributed by atoms with E-state index in [1.807, 2.05) is 35.7 Å². The maximum Gasteiger partial charge on any atom is 0.325 e. The lowest BCUT2D eigenvalue weighted by Gasteiger charge is -2.34. The fourth-order valence-corrected chi connectivity index (χ4v) is 5.82. The number of benzene rings is 1. The predicted molar refractivity (Wildman–Crippen MR) is 124 cm³/mol. The molecule has 11 heteroatoms. The van der Waals surface area contributed by atoms with Crippen LogP contribution in [-0.2, 0) is 25.2 Å². The van der Waals surface area contributed by atoms with Crippen molar-refractivity contribution in [2.24, 2.45) is 0 Å². The Morgan fingerprint density at radius 1 is 1.09 bits per heavy atom. The molecule has 0 aliphatic carbocycles. The summed E-state index contributed by atoms with van der Waals surface area (Å²) in [5.74, 6) is -0.874. The van der Waals surface area contributed by atoms with Gasteiger partial charge in [-0.05, 0) is 30.0 Å². The summed E-state index contributed by atoms with van der Waals surface area (Å²) in [6.45, 7) is 1.88. The molecule has 33 heavy (non-hydrogen) atoms. The molecule has 0 saturated carbocycles. The molecule has 9 nitrogen and oxygen atoms in total. The molecular formula is C22H24N4O5S2. The van der Waals surface area contributed by atoms with Crippen LogP contribution in [0, 0.1) is 0 Å². The minimum Gasteiger partial charge on any atom is -0.338 e. The van der Waals surface area contributed by atoms with Gasteiger partial charge in [-0.2, -0.15) is 4.31 Å². The van der Waals surface area contributed by atoms with Crippen LogP contribution in [-0.4, -0.2) is 73.1 Å². The fraction of sp³-hybridized carbons (Fsp3) is 0.318. The number of carbonyl (C=O) groups excluding carboxylic acids is 3. The highest BCUT2D eigenvalue weighted by molar-refractivity contribution is 7.92. The Morgan fingerprint density at radius 3 is 2.42 bits per heavy atom. The smallest absolute Gasteiger partial charge is 0.325 e. The van der Waals surface area contributed by atoms with E-state index in [9.17, 15) is 22.8 Å². The molecule has 4 rings (SSSR count). The Bertz CT molecular complexity index is 1170. The number of piperazine rings is 1. The van der Waals surface area contributed by atoms with Gasteiger partial charge in [0.15, 0.2) is 5.54 Å². The predicted octanol–water partition coefficient (Wildman–Crippen LogP) is 1.66. The standard InChI is InChI=1S/C22H24N4O5S2/c1-22(18-8-5-14-32-18)20(28)26(21(29)23-22)16-19(27)24-10-12-25(13-11-24)33(30,31)15-9-17-6-3-2-4-7-17/h2-9,14-15H,10-13,16H2,1H3,(H,23,29)/b15-9+. The number of carbonyl (C=O) groups is 3. The average Bonchev–Trinajstić information content (AvgIpc) is 3.43. The molecule has 2 aromatic rings. The maximum absolute atomic E-state index is 12.9. The van der Waals surface area contributed by atoms with Gasteiger partial charge in [-0.3, -0.25) is 14.5 Å². The van der Waals surface area contributed by atoms with Crippen molar-refractivity contribution in [1.29, 1.82) is 0 Å². The number of nitrogens with one attached hydrogen (secondary N) is 1. The molecular weight excluding hydrogens is 464 g/mol. The van der Waals surface area contributed by atoms with E-state index in [2.05, 4.69) is 5.32 Å². The van der Waals surface area contributed by atoms with Crippen molar-refractivity contribution < 1.29 is 22.8 Å². The molecule has 0 spiro atoms. The van der Waals surface area contributed by atoms with Gasteiger partial charge in [0, 0.05) is 36.5 Å². The molecule has 1 N–H and O–H groups in total. The molecule has 0 bridgehead atoms. The largest absolute Gasteiger partial charge is 0.338 e. The zero-order valence-corrected chi connectivity index (χ0v) is 19.6. The third kappa shape index (κ3) is 4.70. The first-order valence-electron chi connectivity index (χ1n) is 10.4. The van der Waals surface area contributed by atoms with Gasteiger partial charge in [0.1, 0.15) is 6.54 Å². The molecule has 3 heterocycles. The van der Waals surface area contributed by atoms with Crippen molar-refractivity contribution in [3.8, 4) is 0 Å². The molecule has 2 aliphatic heterocycles. The van der Waals surface area contributed by atoms with Crippen molar-refractivity contribution in [1.82, 2.24) is 19.4 Å². The zero-order valence-electron chi connectivity index (χ0n) is 18.0. The van der Waals surface area contributed by atoms with E-state index >= 15 is 0 Å². The first kappa shape index (κ1) is 23.1. The van der Waals surface area contributed by atoms with Crippen LogP contribution in [0.4, 0.5) is 4.79 Å². The van der Waals surface area contributed by atoms with Crippen molar-refractivity contribution in [3.63, 3.8) is 0 Å². The van der Waals surface area contributed by atoms with E-state index in [4.69, 9.17) is 0 Å². The highest BCUT2D eigenvalue weighted by Crippen LogP contribution is 2.31. The zero-order chi connectivity index (χ0) is 23.6. The summed E-state index contributed by atoms with van der Waals surface area (Å²) in [5.41, 5.74) is -0.415. The first-order chi connectivity index (χ1) is 15.7. The highest BCUT2D eigenvalue weighted by atomic mass is 32.2. The van der Waals surface area contributed by atoms with Gasteiger partial charge >= 0.3 is 6.03 Å². The van der Waals surface area contributed by atoms with Crippen LogP contribution in [0.15, 0.2) is 53.3 Å². The second-order valence-corrected chi connectivity index (χ2v) is 10.7. The van der Waals surface area contributed by atoms with Crippen molar-refractivity contribution in [2.75, 3.05) is 32.7 Å². The summed E-state index contributed by atoms with van der Waals surface area (Å²) < 4.78 is 26.5. The lowest BCUT2D eigenvalue weighted by Crippen LogP contribution is -2.53. The summed E-state index contributed by atoms with van der Waals surface area (Å²) in [5, 5.41) is 5.66. The number of urea groups is 1. The normalized spacial score (nSPS) is 22.2. The van der Waals surface area contributed by atoms with Gasteiger partial charge in [0.25, 0.3) is 5.91 Å². The molecule has 1 atom stereocenters. The molecule has 1 unspecified atom stereocenters. The molecule has 0 radical (unpaired) electrons. The Kier molecular flexibility index (Phi) is 6.37. The van der Waals surface area contributed by atoms with Crippen LogP contribution in [0.2, 0.25) is 0 Å². The second-order valence-electron chi connectivity index (χ2n) is 7.96. The van der Waals surface area contributed by atoms with Crippen LogP contribution in [0.25, 0.3) is 6.08 Å². The van der Waals surface area contributed by atoms with Crippen molar-refractivity contribution in [3.05, 3.63) is 63.7 Å². The summed E-state index contributed by atoms with van der Waals surface area (Å²) >= 11 is 1.35. The second kappa shape index (κ2) is 9.08. The van der Waals surface area contributed by atoms with Gasteiger partial charge in [0.05, 0.1) is 0 Å². The Balaban J connectivity index is 1.35. The van der Waals surface area contributed by atoms with E-state index < -0.39 is 33.4 Å². The number of sulfonamides is 1. The Hall–Kier alpha value is -3.02. The van der Waals surface area contributed by atoms with Gasteiger partial charge in [0.2, 0.25) is 15.9 Å². The summed E-state index contributed by atoms with van der Waals surface area (Å²) in [7, 11) is -3.62. The SMILES string of the molecule is CC1(c2cccs2)NC(=O)N(CC(=O)N2CCN(S(=O)(=O)/C=C/c3ccccc3)CC2)C1=O. The molecule has 2 saturated heterocycles. The van der Waals surface area contributed by atoms with Crippen LogP contribution in [0.1, 0.15) is 17.4 Å². The van der Waals surface area contributed by atoms with E-state index in [1.165, 1.54) is 32.0 Å². The van der Waals surface area contributed by atoms with Gasteiger partial charge in [-0.15, -0.1) is 11.3 Å². The maximum atomic E-state index is 12.9. The number of thiophene rings is 1. The minimum atomic E-state index is -3.62. The molecule has 1 aromatic carbocycles. The molecule has 4 amide bonds. The van der Waals surface area contributed by atoms with Crippen LogP contribution in [0.3, 0.4) is 0 Å². The summed E-state index contributed by atoms with van der Waals surface area (Å²) in [6, 6.07) is 12.1. The van der Waals surface area contributed by atoms with E-state index in [-0.39, 0.29) is 32.7 Å². The summed E-state index contributed by atoms with van der Waals surface area (Å²) in [4.78, 5) is 41.2. The first-order valence-corrected chi connectivity index (χ1v) is 12.8. The van der Waals surface area contributed by atoms with Gasteiger partial charge in [-0.25, -0.2) is 13.2 Å². The van der Waals surface area contributed by atoms with Gasteiger partial charge < -0.3 is 10.2 Å². The van der Waals surface area contributed by atoms with E-state index in [0.717, 1.165) is 10.5 Å². The fourth-order valence-electron chi connectivity index (χ4n) is 3.81. The lowest BCUT2D eigenvalue weighted by atomic mass is 10.0. The monoisotopic (exact) mass is 488 g/mol. The van der Waals surface area contributed by atoms with E-state index in [1.54, 1.807) is 19.1 Å². The third-order valence-corrected chi connectivity index (χ3v) is 8.42. The molecule has 2 aliphatic rings. The molecule has 2 fully saturated rings. The third-order valence-electron chi connectivity index (χ3n) is 5.77. The van der Waals surface area contributed by atoms with Crippen LogP contribution < -0.4 is 5.32 Å². The van der Waals surface area contributed by atoms with Gasteiger partial charge in [-0.1, -0.05) is 36.4 Å². The lowest BCUT2D eigenvalue weighted by molar-refractivity contribution is -0.139. The number of hydrogen-bond donors (Lipinski definition) is 1. The summed E-state index contributed by atoms with van der Waals surface area (Å²) in [6.07, 6.45) is 1.54. The number of rotatable bonds is 6. The van der Waals surface area contributed by atoms with Crippen molar-refractivity contribution in [2.45, 2.75) is 12.5 Å².